The molecule has 2 unspecified atom stereocenters. The van der Waals surface area contributed by atoms with Gasteiger partial charge in [-0.15, -0.1) is 0 Å². The van der Waals surface area contributed by atoms with E-state index in [0.29, 0.717) is 6.04 Å². The van der Waals surface area contributed by atoms with Crippen LogP contribution in [0.3, 0.4) is 0 Å². The van der Waals surface area contributed by atoms with E-state index in [0.717, 1.165) is 5.69 Å². The first-order chi connectivity index (χ1) is 6.93. The Balaban J connectivity index is 2.30. The van der Waals surface area contributed by atoms with Crippen LogP contribution in [0.5, 0.6) is 0 Å². The summed E-state index contributed by atoms with van der Waals surface area (Å²) in [5, 5.41) is 0. The molecule has 1 heterocycles. The molecule has 1 aromatic rings. The van der Waals surface area contributed by atoms with Crippen molar-refractivity contribution in [3.63, 3.8) is 0 Å². The first kappa shape index (κ1) is 10.7. The molecule has 3 heteroatoms. The summed E-state index contributed by atoms with van der Waals surface area (Å²) in [6.07, 6.45) is 4.32. The number of aromatic nitrogens is 2. The highest BCUT2D eigenvalue weighted by atomic mass is 15.1. The molecule has 2 atom stereocenters. The number of aryl methyl sites for hydroxylation is 1. The van der Waals surface area contributed by atoms with Gasteiger partial charge in [0.05, 0.1) is 18.1 Å². The predicted molar refractivity (Wildman–Crippen MR) is 61.7 cm³/mol. The fourth-order valence-electron chi connectivity index (χ4n) is 2.55. The summed E-state index contributed by atoms with van der Waals surface area (Å²) in [5.74, 6) is 0. The Bertz CT molecular complexity index is 365. The molecule has 15 heavy (non-hydrogen) atoms. The van der Waals surface area contributed by atoms with E-state index >= 15 is 0 Å². The first-order valence-corrected chi connectivity index (χ1v) is 5.69. The van der Waals surface area contributed by atoms with Gasteiger partial charge in [0.2, 0.25) is 0 Å². The number of imidazole rings is 1. The molecule has 1 aromatic heterocycles. The summed E-state index contributed by atoms with van der Waals surface area (Å²) < 4.78 is 2.26. The molecule has 0 amide bonds. The van der Waals surface area contributed by atoms with Crippen LogP contribution < -0.4 is 5.73 Å². The van der Waals surface area contributed by atoms with Crippen molar-refractivity contribution in [2.75, 3.05) is 0 Å². The third kappa shape index (κ3) is 1.59. The maximum atomic E-state index is 6.32. The third-order valence-electron chi connectivity index (χ3n) is 4.05. The molecule has 0 aromatic carbocycles. The monoisotopic (exact) mass is 207 g/mol. The number of hydrogen-bond donors (Lipinski definition) is 1. The van der Waals surface area contributed by atoms with Crippen LogP contribution in [0.1, 0.15) is 44.1 Å². The average Bonchev–Trinajstić information content (AvgIpc) is 2.60. The maximum absolute atomic E-state index is 6.32. The number of nitrogens with two attached hydrogens (primary N) is 1. The Morgan fingerprint density at radius 1 is 1.47 bits per heavy atom. The van der Waals surface area contributed by atoms with Crippen LogP contribution in [0.4, 0.5) is 0 Å². The predicted octanol–water partition coefficient (Wildman–Crippen LogP) is 2.19. The van der Waals surface area contributed by atoms with E-state index in [9.17, 15) is 0 Å². The van der Waals surface area contributed by atoms with Crippen LogP contribution >= 0.6 is 0 Å². The Morgan fingerprint density at radius 3 is 2.53 bits per heavy atom. The van der Waals surface area contributed by atoms with Crippen molar-refractivity contribution in [2.24, 2.45) is 11.1 Å². The average molecular weight is 207 g/mol. The minimum Gasteiger partial charge on any atom is -0.330 e. The molecular formula is C12H21N3. The highest BCUT2D eigenvalue weighted by molar-refractivity contribution is 5.12. The molecule has 0 saturated heterocycles. The lowest BCUT2D eigenvalue weighted by molar-refractivity contribution is 0.298. The molecule has 1 fully saturated rings. The van der Waals surface area contributed by atoms with Gasteiger partial charge in [-0.25, -0.2) is 4.98 Å². The van der Waals surface area contributed by atoms with Gasteiger partial charge in [-0.3, -0.25) is 0 Å². The van der Waals surface area contributed by atoms with Crippen molar-refractivity contribution in [3.8, 4) is 0 Å². The Morgan fingerprint density at radius 2 is 2.13 bits per heavy atom. The molecular weight excluding hydrogens is 186 g/mol. The summed E-state index contributed by atoms with van der Waals surface area (Å²) in [6, 6.07) is 0.672. The SMILES string of the molecule is Cc1ncn(C2CCC(C)(C)C2N)c1C. The molecule has 0 radical (unpaired) electrons. The Hall–Kier alpha value is -0.830. The van der Waals surface area contributed by atoms with Gasteiger partial charge >= 0.3 is 0 Å². The largest absolute Gasteiger partial charge is 0.330 e. The van der Waals surface area contributed by atoms with Crippen LogP contribution in [-0.2, 0) is 0 Å². The van der Waals surface area contributed by atoms with E-state index in [1.807, 2.05) is 6.33 Å². The van der Waals surface area contributed by atoms with Gasteiger partial charge in [0.25, 0.3) is 0 Å². The maximum Gasteiger partial charge on any atom is 0.0954 e. The highest BCUT2D eigenvalue weighted by Crippen LogP contribution is 2.42. The van der Waals surface area contributed by atoms with Crippen LogP contribution in [0, 0.1) is 19.3 Å². The molecule has 3 nitrogen and oxygen atoms in total. The molecule has 1 aliphatic rings. The van der Waals surface area contributed by atoms with E-state index in [2.05, 4.69) is 37.2 Å². The van der Waals surface area contributed by atoms with E-state index in [1.165, 1.54) is 18.5 Å². The van der Waals surface area contributed by atoms with Crippen LogP contribution in [0.25, 0.3) is 0 Å². The zero-order chi connectivity index (χ0) is 11.2. The summed E-state index contributed by atoms with van der Waals surface area (Å²) >= 11 is 0. The van der Waals surface area contributed by atoms with Crippen LogP contribution in [-0.4, -0.2) is 15.6 Å². The second kappa shape index (κ2) is 3.34. The lowest BCUT2D eigenvalue weighted by Crippen LogP contribution is -2.38. The van der Waals surface area contributed by atoms with E-state index in [-0.39, 0.29) is 11.5 Å². The third-order valence-corrected chi connectivity index (χ3v) is 4.05. The molecule has 2 N–H and O–H groups in total. The Labute approximate surface area is 91.7 Å². The number of hydrogen-bond acceptors (Lipinski definition) is 2. The number of rotatable bonds is 1. The van der Waals surface area contributed by atoms with E-state index in [4.69, 9.17) is 5.73 Å². The van der Waals surface area contributed by atoms with Crippen molar-refractivity contribution in [1.82, 2.24) is 9.55 Å². The lowest BCUT2D eigenvalue weighted by Gasteiger charge is -2.28. The minimum atomic E-state index is 0.241. The molecule has 0 bridgehead atoms. The molecule has 0 spiro atoms. The fourth-order valence-corrected chi connectivity index (χ4v) is 2.55. The second-order valence-electron chi connectivity index (χ2n) is 5.44. The van der Waals surface area contributed by atoms with Gasteiger partial charge < -0.3 is 10.3 Å². The van der Waals surface area contributed by atoms with Crippen molar-refractivity contribution in [3.05, 3.63) is 17.7 Å². The normalized spacial score (nSPS) is 29.7. The van der Waals surface area contributed by atoms with Crippen LogP contribution in [0.2, 0.25) is 0 Å². The molecule has 1 aliphatic carbocycles. The molecule has 84 valence electrons. The van der Waals surface area contributed by atoms with Gasteiger partial charge in [0.1, 0.15) is 0 Å². The Kier molecular flexibility index (Phi) is 2.38. The standard InChI is InChI=1S/C12H21N3/c1-8-9(2)15(7-14-8)10-5-6-12(3,4)11(10)13/h7,10-11H,5-6,13H2,1-4H3. The molecule has 1 saturated carbocycles. The summed E-state index contributed by atoms with van der Waals surface area (Å²) in [7, 11) is 0. The van der Waals surface area contributed by atoms with Gasteiger partial charge in [0, 0.05) is 11.7 Å². The van der Waals surface area contributed by atoms with Crippen LogP contribution in [0.15, 0.2) is 6.33 Å². The summed E-state index contributed by atoms with van der Waals surface area (Å²) in [5.41, 5.74) is 8.95. The zero-order valence-corrected chi connectivity index (χ0v) is 10.1. The zero-order valence-electron chi connectivity index (χ0n) is 10.1. The topological polar surface area (TPSA) is 43.8 Å². The van der Waals surface area contributed by atoms with E-state index < -0.39 is 0 Å². The summed E-state index contributed by atoms with van der Waals surface area (Å²) in [6.45, 7) is 8.70. The highest BCUT2D eigenvalue weighted by Gasteiger charge is 2.40. The fraction of sp³-hybridized carbons (Fsp3) is 0.750. The van der Waals surface area contributed by atoms with Crippen molar-refractivity contribution in [1.29, 1.82) is 0 Å². The van der Waals surface area contributed by atoms with E-state index in [1.54, 1.807) is 0 Å². The van der Waals surface area contributed by atoms with Gasteiger partial charge in [-0.1, -0.05) is 13.8 Å². The summed E-state index contributed by atoms with van der Waals surface area (Å²) in [4.78, 5) is 4.35. The van der Waals surface area contributed by atoms with Crippen molar-refractivity contribution < 1.29 is 0 Å². The number of nitrogens with zero attached hydrogens (tertiary/aromatic N) is 2. The van der Waals surface area contributed by atoms with Crippen molar-refractivity contribution >= 4 is 0 Å². The molecule has 2 rings (SSSR count). The van der Waals surface area contributed by atoms with Gasteiger partial charge in [0.15, 0.2) is 0 Å². The first-order valence-electron chi connectivity index (χ1n) is 5.69. The smallest absolute Gasteiger partial charge is 0.0954 e. The van der Waals surface area contributed by atoms with Gasteiger partial charge in [-0.05, 0) is 32.1 Å². The second-order valence-corrected chi connectivity index (χ2v) is 5.44. The minimum absolute atomic E-state index is 0.241. The quantitative estimate of drug-likeness (QED) is 0.767. The van der Waals surface area contributed by atoms with Crippen molar-refractivity contribution in [2.45, 2.75) is 52.6 Å². The molecule has 0 aliphatic heterocycles. The van der Waals surface area contributed by atoms with Gasteiger partial charge in [-0.2, -0.15) is 0 Å². The lowest BCUT2D eigenvalue weighted by atomic mass is 9.87.